The summed E-state index contributed by atoms with van der Waals surface area (Å²) in [5, 5.41) is 10.7. The zero-order valence-electron chi connectivity index (χ0n) is 57.7. The van der Waals surface area contributed by atoms with Gasteiger partial charge in [-0.15, -0.1) is 0 Å². The van der Waals surface area contributed by atoms with Gasteiger partial charge in [-0.25, -0.2) is 24.9 Å². The predicted octanol–water partition coefficient (Wildman–Crippen LogP) is 18.3. The minimum atomic E-state index is 0.360. The molecule has 0 amide bonds. The molecule has 2 aliphatic rings. The number of para-hydroxylation sites is 5. The summed E-state index contributed by atoms with van der Waals surface area (Å²) in [5.41, 5.74) is 20.3. The van der Waals surface area contributed by atoms with Crippen molar-refractivity contribution in [3.63, 3.8) is 0 Å². The van der Waals surface area contributed by atoms with Crippen LogP contribution in [-0.2, 0) is 0 Å². The Morgan fingerprint density at radius 1 is 0.324 bits per heavy atom. The molecule has 14 heterocycles. The Balaban J connectivity index is 0.000000114. The number of pyridine rings is 5. The highest BCUT2D eigenvalue weighted by Crippen LogP contribution is 2.35. The van der Waals surface area contributed by atoms with E-state index in [1.807, 2.05) is 227 Å². The van der Waals surface area contributed by atoms with Gasteiger partial charge in [0.2, 0.25) is 13.6 Å². The molecule has 0 saturated heterocycles. The first-order valence-electron chi connectivity index (χ1n) is 32.2. The molecule has 0 bridgehead atoms. The van der Waals surface area contributed by atoms with Crippen LogP contribution in [-0.4, -0.2) is 78.7 Å². The number of hydrogen-bond donors (Lipinski definition) is 0. The van der Waals surface area contributed by atoms with E-state index in [0.717, 1.165) is 123 Å². The molecule has 0 N–H and O–H groups in total. The zero-order valence-corrected chi connectivity index (χ0v) is 57.7. The fourth-order valence-electron chi connectivity index (χ4n) is 9.84. The van der Waals surface area contributed by atoms with E-state index in [2.05, 4.69) is 77.3 Å². The lowest BCUT2D eigenvalue weighted by Gasteiger charge is -1.96. The third-order valence-corrected chi connectivity index (χ3v) is 15.0. The largest absolute Gasteiger partial charge is 0.454 e. The van der Waals surface area contributed by atoms with Crippen LogP contribution in [0.25, 0.3) is 88.8 Å². The maximum absolute atomic E-state index is 5.21. The van der Waals surface area contributed by atoms with Gasteiger partial charge in [0.1, 0.15) is 0 Å². The molecule has 0 spiro atoms. The molecule has 512 valence electrons. The highest BCUT2D eigenvalue weighted by atomic mass is 16.7. The standard InChI is InChI=1S/C10H9N.C9H8N2.2C8H7NO.2C8H8O2.4C7H6N2O/c1-8-6-7-9-4-2-3-5-10(9)11-8;1-7-6-10-8-4-2-3-5-9(8)11-7;1-6-3-2-4-8-7(6)5-9-10-8;1-6-3-2-4-7-5-9-10-8(6)7;1-6-2-3-7-8(4-6)10-5-9-7;1-6-3-2-4-7-8(6)10-5-9-7;1-5-2-6-7(8-3-5)9-4-10-6;1-5-2-3-8-7-6(5)10-4-9-7;1-5-2-3-6-7(9-5)8-4-10-6;1-5-9-7-6(10-5)3-2-4-8-7/h2-7H,1H3;2-6H,1H3;2*2-5H,1H3;2*2-4H,5H2,1H3;4*2-4H,1H3. The SMILES string of the molecule is Cc1ccc2c(c1)OCO2.Cc1ccc2ccccc2n1.Cc1ccc2ocnc2n1.Cc1cccc2c1OCO2.Cc1cccc2cnoc12.Cc1cccc2oncc12.Cc1ccnc2ncoc12.Cc1cnc2ccccc2n1.Cc1cnc2ncoc2c1.Cc1nc2ncccc2o1. The molecule has 23 heteroatoms. The van der Waals surface area contributed by atoms with Crippen LogP contribution in [0, 0.1) is 69.2 Å². The number of fused-ring (bicyclic) bond motifs is 10. The minimum Gasteiger partial charge on any atom is -0.454 e. The molecule has 6 aromatic carbocycles. The average Bonchev–Trinajstić information content (AvgIpc) is 1.83. The third kappa shape index (κ3) is 19.1. The fraction of sp³-hybridized carbons (Fsp3) is 0.152. The normalized spacial score (nSPS) is 11.1. The van der Waals surface area contributed by atoms with Crippen molar-refractivity contribution in [2.45, 2.75) is 69.2 Å². The maximum atomic E-state index is 5.21. The lowest BCUT2D eigenvalue weighted by molar-refractivity contribution is 0.173. The lowest BCUT2D eigenvalue weighted by Crippen LogP contribution is -1.93. The molecule has 2 aliphatic heterocycles. The zero-order chi connectivity index (χ0) is 71.2. The second kappa shape index (κ2) is 34.3. The first-order valence-corrected chi connectivity index (χ1v) is 32.2. The number of rotatable bonds is 0. The van der Waals surface area contributed by atoms with E-state index in [4.69, 9.17) is 45.7 Å². The number of benzene rings is 6. The van der Waals surface area contributed by atoms with Crippen molar-refractivity contribution in [3.8, 4) is 23.0 Å². The molecule has 20 rings (SSSR count). The van der Waals surface area contributed by atoms with E-state index in [9.17, 15) is 0 Å². The van der Waals surface area contributed by atoms with Gasteiger partial charge in [0.15, 0.2) is 104 Å². The van der Waals surface area contributed by atoms with Gasteiger partial charge in [-0.2, -0.15) is 19.9 Å². The van der Waals surface area contributed by atoms with Crippen LogP contribution in [0.4, 0.5) is 0 Å². The summed E-state index contributed by atoms with van der Waals surface area (Å²) in [7, 11) is 0. The molecule has 102 heavy (non-hydrogen) atoms. The summed E-state index contributed by atoms with van der Waals surface area (Å²) in [6, 6.07) is 55.1. The van der Waals surface area contributed by atoms with E-state index in [-0.39, 0.29) is 0 Å². The van der Waals surface area contributed by atoms with Gasteiger partial charge in [0.25, 0.3) is 0 Å². The quantitative estimate of drug-likeness (QED) is 0.136. The first kappa shape index (κ1) is 70.0. The summed E-state index contributed by atoms with van der Waals surface area (Å²) in [4.78, 5) is 44.8. The molecular formula is C79H71N13O10. The number of oxazole rings is 4. The van der Waals surface area contributed by atoms with Crippen LogP contribution >= 0.6 is 0 Å². The predicted molar refractivity (Wildman–Crippen MR) is 389 cm³/mol. The number of hydrogen-bond acceptors (Lipinski definition) is 23. The molecule has 0 unspecified atom stereocenters. The molecular weight excluding hydrogens is 1290 g/mol. The molecule has 0 aliphatic carbocycles. The van der Waals surface area contributed by atoms with Gasteiger partial charge >= 0.3 is 0 Å². The van der Waals surface area contributed by atoms with Crippen molar-refractivity contribution in [2.75, 3.05) is 13.6 Å². The summed E-state index contributed by atoms with van der Waals surface area (Å²) < 4.78 is 50.9. The molecule has 18 aromatic rings. The van der Waals surface area contributed by atoms with E-state index >= 15 is 0 Å². The lowest BCUT2D eigenvalue weighted by atomic mass is 10.2. The third-order valence-electron chi connectivity index (χ3n) is 15.0. The van der Waals surface area contributed by atoms with Gasteiger partial charge < -0.3 is 45.7 Å². The Morgan fingerprint density at radius 2 is 0.971 bits per heavy atom. The van der Waals surface area contributed by atoms with Crippen molar-refractivity contribution in [2.24, 2.45) is 0 Å². The molecule has 0 saturated carbocycles. The van der Waals surface area contributed by atoms with Crippen LogP contribution in [0.15, 0.2) is 253 Å². The molecule has 23 nitrogen and oxygen atoms in total. The monoisotopic (exact) mass is 1360 g/mol. The van der Waals surface area contributed by atoms with Gasteiger partial charge in [-0.1, -0.05) is 89.2 Å². The second-order valence-electron chi connectivity index (χ2n) is 22.9. The van der Waals surface area contributed by atoms with Gasteiger partial charge in [0, 0.05) is 59.3 Å². The Kier molecular flexibility index (Phi) is 23.5. The smallest absolute Gasteiger partial charge is 0.231 e. The van der Waals surface area contributed by atoms with Crippen LogP contribution in [0.5, 0.6) is 23.0 Å². The van der Waals surface area contributed by atoms with Crippen LogP contribution in [0.3, 0.4) is 0 Å². The summed E-state index contributed by atoms with van der Waals surface area (Å²) in [6.07, 6.45) is 14.6. The molecule has 0 atom stereocenters. The average molecular weight is 1360 g/mol. The van der Waals surface area contributed by atoms with E-state index < -0.39 is 0 Å². The topological polar surface area (TPSA) is 283 Å². The second-order valence-corrected chi connectivity index (χ2v) is 22.9. The fourth-order valence-corrected chi connectivity index (χ4v) is 9.84. The number of aromatic nitrogens is 13. The number of ether oxygens (including phenoxy) is 4. The van der Waals surface area contributed by atoms with Crippen molar-refractivity contribution < 1.29 is 45.7 Å². The van der Waals surface area contributed by atoms with E-state index in [1.54, 1.807) is 37.2 Å². The number of nitrogens with zero attached hydrogens (tertiary/aromatic N) is 13. The van der Waals surface area contributed by atoms with Crippen molar-refractivity contribution in [1.29, 1.82) is 0 Å². The van der Waals surface area contributed by atoms with E-state index in [0.29, 0.717) is 42.1 Å². The van der Waals surface area contributed by atoms with Gasteiger partial charge in [-0.3, -0.25) is 9.97 Å². The van der Waals surface area contributed by atoms with Crippen LogP contribution < -0.4 is 18.9 Å². The van der Waals surface area contributed by atoms with Crippen LogP contribution in [0.1, 0.15) is 56.4 Å². The summed E-state index contributed by atoms with van der Waals surface area (Å²) in [6.45, 7) is 20.4. The van der Waals surface area contributed by atoms with Gasteiger partial charge in [0.05, 0.1) is 34.6 Å². The number of aryl methyl sites for hydroxylation is 10. The highest BCUT2D eigenvalue weighted by Gasteiger charge is 2.14. The maximum Gasteiger partial charge on any atom is 0.231 e. The van der Waals surface area contributed by atoms with Crippen molar-refractivity contribution in [1.82, 2.24) is 65.1 Å². The summed E-state index contributed by atoms with van der Waals surface area (Å²) in [5.74, 6) is 4.13. The molecule has 0 fully saturated rings. The Bertz CT molecular complexity index is 5350. The highest BCUT2D eigenvalue weighted by molar-refractivity contribution is 5.81. The Morgan fingerprint density at radius 3 is 1.79 bits per heavy atom. The molecule has 12 aromatic heterocycles. The minimum absolute atomic E-state index is 0.360. The molecule has 0 radical (unpaired) electrons. The Labute approximate surface area is 585 Å². The van der Waals surface area contributed by atoms with Gasteiger partial charge in [-0.05, 0) is 187 Å². The Hall–Kier alpha value is -13.3. The van der Waals surface area contributed by atoms with Crippen LogP contribution in [0.2, 0.25) is 0 Å². The van der Waals surface area contributed by atoms with Crippen molar-refractivity contribution in [3.05, 3.63) is 283 Å². The first-order chi connectivity index (χ1) is 49.7. The van der Waals surface area contributed by atoms with Crippen molar-refractivity contribution >= 4 is 88.8 Å². The van der Waals surface area contributed by atoms with E-state index in [1.165, 1.54) is 35.7 Å². The summed E-state index contributed by atoms with van der Waals surface area (Å²) >= 11 is 0.